The third kappa shape index (κ3) is 1.73. The molecular formula is C12H12O3. The highest BCUT2D eigenvalue weighted by atomic mass is 16.5. The second kappa shape index (κ2) is 3.77. The van der Waals surface area contributed by atoms with E-state index < -0.39 is 0 Å². The first kappa shape index (κ1) is 9.77. The lowest BCUT2D eigenvalue weighted by Crippen LogP contribution is -2.00. The average Bonchev–Trinajstić information content (AvgIpc) is 2.60. The molecule has 0 N–H and O–H groups in total. The molecule has 0 radical (unpaired) electrons. The largest absolute Gasteiger partial charge is 0.497 e. The molecule has 1 aromatic carbocycles. The molecule has 1 heterocycles. The summed E-state index contributed by atoms with van der Waals surface area (Å²) in [5.74, 6) is 0.494. The zero-order chi connectivity index (χ0) is 10.8. The Morgan fingerprint density at radius 3 is 2.53 bits per heavy atom. The highest BCUT2D eigenvalue weighted by Crippen LogP contribution is 2.30. The van der Waals surface area contributed by atoms with Gasteiger partial charge in [0.15, 0.2) is 0 Å². The van der Waals surface area contributed by atoms with E-state index in [1.807, 2.05) is 24.3 Å². The van der Waals surface area contributed by atoms with Gasteiger partial charge < -0.3 is 9.47 Å². The number of ether oxygens (including phenoxy) is 2. The van der Waals surface area contributed by atoms with E-state index in [1.54, 1.807) is 7.11 Å². The molecule has 3 nitrogen and oxygen atoms in total. The van der Waals surface area contributed by atoms with Crippen molar-refractivity contribution >= 4 is 5.97 Å². The van der Waals surface area contributed by atoms with Crippen molar-refractivity contribution in [3.63, 3.8) is 0 Å². The van der Waals surface area contributed by atoms with Crippen LogP contribution in [0.3, 0.4) is 0 Å². The first-order valence-electron chi connectivity index (χ1n) is 4.72. The van der Waals surface area contributed by atoms with Crippen molar-refractivity contribution in [3.8, 4) is 5.75 Å². The highest BCUT2D eigenvalue weighted by Gasteiger charge is 2.29. The summed E-state index contributed by atoms with van der Waals surface area (Å²) >= 11 is 0. The Bertz CT molecular complexity index is 392. The Morgan fingerprint density at radius 2 is 2.07 bits per heavy atom. The van der Waals surface area contributed by atoms with Gasteiger partial charge in [0, 0.05) is 11.5 Å². The molecule has 1 atom stereocenters. The van der Waals surface area contributed by atoms with Gasteiger partial charge in [0.05, 0.1) is 7.11 Å². The molecule has 0 unspecified atom stereocenters. The van der Waals surface area contributed by atoms with E-state index >= 15 is 0 Å². The summed E-state index contributed by atoms with van der Waals surface area (Å²) in [6, 6.07) is 7.59. The number of carbonyl (C=O) groups excluding carboxylic acids is 1. The molecule has 15 heavy (non-hydrogen) atoms. The number of rotatable bonds is 2. The number of benzene rings is 1. The first-order valence-corrected chi connectivity index (χ1v) is 4.72. The molecule has 3 heteroatoms. The molecule has 2 rings (SSSR count). The van der Waals surface area contributed by atoms with Crippen molar-refractivity contribution in [3.05, 3.63) is 42.0 Å². The van der Waals surface area contributed by atoms with Crippen LogP contribution < -0.4 is 4.74 Å². The minimum atomic E-state index is -0.296. The molecule has 0 saturated carbocycles. The van der Waals surface area contributed by atoms with Crippen molar-refractivity contribution < 1.29 is 14.3 Å². The van der Waals surface area contributed by atoms with Gasteiger partial charge in [0.1, 0.15) is 12.4 Å². The Balaban J connectivity index is 2.23. The standard InChI is InChI=1S/C12H12O3/c1-8-11(7-15-12(8)13)9-3-5-10(14-2)6-4-9/h3-6,11H,1,7H2,2H3/t11-/m0/s1. The predicted molar refractivity (Wildman–Crippen MR) is 55.8 cm³/mol. The van der Waals surface area contributed by atoms with Crippen molar-refractivity contribution in [2.24, 2.45) is 0 Å². The molecule has 0 aromatic heterocycles. The fourth-order valence-electron chi connectivity index (χ4n) is 1.63. The maximum absolute atomic E-state index is 11.1. The van der Waals surface area contributed by atoms with E-state index in [4.69, 9.17) is 9.47 Å². The first-order chi connectivity index (χ1) is 7.22. The average molecular weight is 204 g/mol. The van der Waals surface area contributed by atoms with E-state index in [2.05, 4.69) is 6.58 Å². The monoisotopic (exact) mass is 204 g/mol. The topological polar surface area (TPSA) is 35.5 Å². The second-order valence-corrected chi connectivity index (χ2v) is 3.45. The molecule has 1 saturated heterocycles. The fourth-order valence-corrected chi connectivity index (χ4v) is 1.63. The van der Waals surface area contributed by atoms with Gasteiger partial charge >= 0.3 is 5.97 Å². The highest BCUT2D eigenvalue weighted by molar-refractivity contribution is 5.91. The number of methoxy groups -OCH3 is 1. The van der Waals surface area contributed by atoms with Gasteiger partial charge in [-0.1, -0.05) is 18.7 Å². The van der Waals surface area contributed by atoms with Crippen molar-refractivity contribution in [1.29, 1.82) is 0 Å². The van der Waals surface area contributed by atoms with Crippen LogP contribution in [-0.2, 0) is 9.53 Å². The molecule has 1 aliphatic heterocycles. The van der Waals surface area contributed by atoms with E-state index in [9.17, 15) is 4.79 Å². The van der Waals surface area contributed by atoms with Crippen LogP contribution in [0.25, 0.3) is 0 Å². The summed E-state index contributed by atoms with van der Waals surface area (Å²) in [6.07, 6.45) is 0. The summed E-state index contributed by atoms with van der Waals surface area (Å²) in [4.78, 5) is 11.1. The van der Waals surface area contributed by atoms with Crippen molar-refractivity contribution in [2.45, 2.75) is 5.92 Å². The third-order valence-electron chi connectivity index (χ3n) is 2.58. The maximum Gasteiger partial charge on any atom is 0.334 e. The lowest BCUT2D eigenvalue weighted by molar-refractivity contribution is -0.135. The number of hydrogen-bond donors (Lipinski definition) is 0. The Kier molecular flexibility index (Phi) is 2.46. The molecule has 0 bridgehead atoms. The van der Waals surface area contributed by atoms with Gasteiger partial charge in [-0.25, -0.2) is 4.79 Å². The number of carbonyl (C=O) groups is 1. The van der Waals surface area contributed by atoms with Gasteiger partial charge in [-0.05, 0) is 17.7 Å². The Labute approximate surface area is 88.3 Å². The normalized spacial score (nSPS) is 20.2. The summed E-state index contributed by atoms with van der Waals surface area (Å²) in [6.45, 7) is 4.12. The fraction of sp³-hybridized carbons (Fsp3) is 0.250. The van der Waals surface area contributed by atoms with Crippen LogP contribution in [0.5, 0.6) is 5.75 Å². The molecule has 1 aromatic rings. The Hall–Kier alpha value is -1.77. The van der Waals surface area contributed by atoms with E-state index in [0.717, 1.165) is 11.3 Å². The molecule has 0 amide bonds. The van der Waals surface area contributed by atoms with Crippen LogP contribution >= 0.6 is 0 Å². The van der Waals surface area contributed by atoms with Gasteiger partial charge in [-0.3, -0.25) is 0 Å². The predicted octanol–water partition coefficient (Wildman–Crippen LogP) is 1.89. The van der Waals surface area contributed by atoms with Crippen LogP contribution in [-0.4, -0.2) is 19.7 Å². The molecule has 0 spiro atoms. The van der Waals surface area contributed by atoms with E-state index in [-0.39, 0.29) is 11.9 Å². The Morgan fingerprint density at radius 1 is 1.40 bits per heavy atom. The van der Waals surface area contributed by atoms with Crippen LogP contribution in [0.15, 0.2) is 36.4 Å². The molecule has 0 aliphatic carbocycles. The lowest BCUT2D eigenvalue weighted by atomic mass is 9.95. The summed E-state index contributed by atoms with van der Waals surface area (Å²) in [7, 11) is 1.62. The number of esters is 1. The van der Waals surface area contributed by atoms with Gasteiger partial charge in [0.25, 0.3) is 0 Å². The van der Waals surface area contributed by atoms with Gasteiger partial charge in [0.2, 0.25) is 0 Å². The quantitative estimate of drug-likeness (QED) is 0.545. The summed E-state index contributed by atoms with van der Waals surface area (Å²) in [5, 5.41) is 0. The van der Waals surface area contributed by atoms with Gasteiger partial charge in [-0.2, -0.15) is 0 Å². The van der Waals surface area contributed by atoms with Crippen LogP contribution in [0.4, 0.5) is 0 Å². The van der Waals surface area contributed by atoms with Crippen molar-refractivity contribution in [1.82, 2.24) is 0 Å². The molecular weight excluding hydrogens is 192 g/mol. The number of cyclic esters (lactones) is 1. The van der Waals surface area contributed by atoms with Crippen LogP contribution in [0, 0.1) is 0 Å². The van der Waals surface area contributed by atoms with Crippen LogP contribution in [0.2, 0.25) is 0 Å². The van der Waals surface area contributed by atoms with Crippen LogP contribution in [0.1, 0.15) is 11.5 Å². The van der Waals surface area contributed by atoms with E-state index in [0.29, 0.717) is 12.2 Å². The minimum absolute atomic E-state index is 0.0107. The maximum atomic E-state index is 11.1. The summed E-state index contributed by atoms with van der Waals surface area (Å²) in [5.41, 5.74) is 1.56. The number of hydrogen-bond acceptors (Lipinski definition) is 3. The third-order valence-corrected chi connectivity index (χ3v) is 2.58. The molecule has 78 valence electrons. The zero-order valence-electron chi connectivity index (χ0n) is 8.53. The molecule has 1 fully saturated rings. The lowest BCUT2D eigenvalue weighted by Gasteiger charge is -2.08. The summed E-state index contributed by atoms with van der Waals surface area (Å²) < 4.78 is 9.98. The SMILES string of the molecule is C=C1C(=O)OC[C@@H]1c1ccc(OC)cc1. The van der Waals surface area contributed by atoms with E-state index in [1.165, 1.54) is 0 Å². The minimum Gasteiger partial charge on any atom is -0.497 e. The molecule has 1 aliphatic rings. The van der Waals surface area contributed by atoms with Crippen molar-refractivity contribution in [2.75, 3.05) is 13.7 Å². The zero-order valence-corrected chi connectivity index (χ0v) is 8.53. The second-order valence-electron chi connectivity index (χ2n) is 3.45. The van der Waals surface area contributed by atoms with Gasteiger partial charge in [-0.15, -0.1) is 0 Å². The smallest absolute Gasteiger partial charge is 0.334 e.